The summed E-state index contributed by atoms with van der Waals surface area (Å²) >= 11 is 0. The second-order valence-corrected chi connectivity index (χ2v) is 4.53. The molecule has 0 radical (unpaired) electrons. The molecule has 4 heteroatoms. The fourth-order valence-corrected chi connectivity index (χ4v) is 2.14. The molecule has 0 bridgehead atoms. The van der Waals surface area contributed by atoms with Gasteiger partial charge in [0.25, 0.3) is 0 Å². The summed E-state index contributed by atoms with van der Waals surface area (Å²) in [6.45, 7) is 3.56. The third-order valence-corrected chi connectivity index (χ3v) is 3.02. The summed E-state index contributed by atoms with van der Waals surface area (Å²) < 4.78 is 13.2. The van der Waals surface area contributed by atoms with Gasteiger partial charge in [0, 0.05) is 11.6 Å². The van der Waals surface area contributed by atoms with Crippen molar-refractivity contribution in [2.45, 2.75) is 19.8 Å². The number of hydrogen-bond acceptors (Lipinski definition) is 2. The van der Waals surface area contributed by atoms with E-state index in [1.54, 1.807) is 6.07 Å². The van der Waals surface area contributed by atoms with Gasteiger partial charge in [0.2, 0.25) is 5.91 Å². The number of anilines is 1. The number of rotatable bonds is 2. The van der Waals surface area contributed by atoms with E-state index in [0.717, 1.165) is 31.5 Å². The highest BCUT2D eigenvalue weighted by atomic mass is 19.1. The minimum atomic E-state index is -0.314. The zero-order valence-corrected chi connectivity index (χ0v) is 9.92. The van der Waals surface area contributed by atoms with Crippen LogP contribution in [0.15, 0.2) is 18.2 Å². The second kappa shape index (κ2) is 5.27. The van der Waals surface area contributed by atoms with Gasteiger partial charge < -0.3 is 10.6 Å². The number of piperidine rings is 1. The lowest BCUT2D eigenvalue weighted by atomic mass is 9.97. The molecule has 0 spiro atoms. The maximum absolute atomic E-state index is 13.2. The van der Waals surface area contributed by atoms with E-state index in [-0.39, 0.29) is 17.6 Å². The summed E-state index contributed by atoms with van der Waals surface area (Å²) in [5, 5.41) is 6.00. The van der Waals surface area contributed by atoms with Crippen molar-refractivity contribution in [3.63, 3.8) is 0 Å². The standard InChI is InChI=1S/C13H17FN2O/c1-9-6-11(14)8-12(7-9)16-13(17)10-2-4-15-5-3-10/h6-8,10,15H,2-5H2,1H3,(H,16,17). The molecule has 1 aromatic rings. The Hall–Kier alpha value is -1.42. The zero-order valence-electron chi connectivity index (χ0n) is 9.92. The van der Waals surface area contributed by atoms with Crippen molar-refractivity contribution in [3.05, 3.63) is 29.6 Å². The van der Waals surface area contributed by atoms with Crippen LogP contribution in [0.2, 0.25) is 0 Å². The van der Waals surface area contributed by atoms with E-state index in [1.807, 2.05) is 6.92 Å². The molecule has 92 valence electrons. The summed E-state index contributed by atoms with van der Waals surface area (Å²) in [6.07, 6.45) is 1.69. The van der Waals surface area contributed by atoms with Crippen LogP contribution in [0.3, 0.4) is 0 Å². The predicted octanol–water partition coefficient (Wildman–Crippen LogP) is 2.07. The zero-order chi connectivity index (χ0) is 12.3. The highest BCUT2D eigenvalue weighted by Gasteiger charge is 2.20. The van der Waals surface area contributed by atoms with E-state index < -0.39 is 0 Å². The van der Waals surface area contributed by atoms with Crippen LogP contribution in [-0.4, -0.2) is 19.0 Å². The Bertz CT molecular complexity index is 394. The quantitative estimate of drug-likeness (QED) is 0.825. The third kappa shape index (κ3) is 3.27. The van der Waals surface area contributed by atoms with Gasteiger partial charge in [0.15, 0.2) is 0 Å². The number of carbonyl (C=O) groups is 1. The van der Waals surface area contributed by atoms with E-state index in [0.29, 0.717) is 5.69 Å². The highest BCUT2D eigenvalue weighted by molar-refractivity contribution is 5.92. The molecule has 0 aromatic heterocycles. The molecule has 0 atom stereocenters. The van der Waals surface area contributed by atoms with Crippen LogP contribution < -0.4 is 10.6 Å². The van der Waals surface area contributed by atoms with Crippen LogP contribution in [0.4, 0.5) is 10.1 Å². The van der Waals surface area contributed by atoms with Crippen LogP contribution >= 0.6 is 0 Å². The Balaban J connectivity index is 2.01. The Morgan fingerprint density at radius 3 is 2.71 bits per heavy atom. The van der Waals surface area contributed by atoms with Gasteiger partial charge in [-0.1, -0.05) is 0 Å². The first-order valence-electron chi connectivity index (χ1n) is 5.94. The van der Waals surface area contributed by atoms with Crippen molar-refractivity contribution in [3.8, 4) is 0 Å². The molecule has 1 aromatic carbocycles. The van der Waals surface area contributed by atoms with Crippen molar-refractivity contribution < 1.29 is 9.18 Å². The minimum absolute atomic E-state index is 0.00324. The van der Waals surface area contributed by atoms with Crippen molar-refractivity contribution in [1.29, 1.82) is 0 Å². The van der Waals surface area contributed by atoms with Gasteiger partial charge in [-0.3, -0.25) is 4.79 Å². The number of hydrogen-bond donors (Lipinski definition) is 2. The van der Waals surface area contributed by atoms with E-state index in [4.69, 9.17) is 0 Å². The molecule has 1 amide bonds. The van der Waals surface area contributed by atoms with Gasteiger partial charge in [0.1, 0.15) is 5.82 Å². The first kappa shape index (κ1) is 12.0. The van der Waals surface area contributed by atoms with Crippen molar-refractivity contribution in [2.75, 3.05) is 18.4 Å². The van der Waals surface area contributed by atoms with Crippen LogP contribution in [0, 0.1) is 18.7 Å². The lowest BCUT2D eigenvalue weighted by Crippen LogP contribution is -2.34. The number of aryl methyl sites for hydroxylation is 1. The molecule has 3 nitrogen and oxygen atoms in total. The van der Waals surface area contributed by atoms with Crippen molar-refractivity contribution in [1.82, 2.24) is 5.32 Å². The normalized spacial score (nSPS) is 16.8. The Kier molecular flexibility index (Phi) is 3.74. The first-order valence-corrected chi connectivity index (χ1v) is 5.94. The third-order valence-electron chi connectivity index (χ3n) is 3.02. The van der Waals surface area contributed by atoms with Gasteiger partial charge in [-0.05, 0) is 56.6 Å². The van der Waals surface area contributed by atoms with Crippen LogP contribution in [-0.2, 0) is 4.79 Å². The molecular weight excluding hydrogens is 219 g/mol. The van der Waals surface area contributed by atoms with Gasteiger partial charge in [-0.15, -0.1) is 0 Å². The van der Waals surface area contributed by atoms with Crippen LogP contribution in [0.5, 0.6) is 0 Å². The number of benzene rings is 1. The van der Waals surface area contributed by atoms with E-state index in [1.165, 1.54) is 12.1 Å². The average molecular weight is 236 g/mol. The maximum atomic E-state index is 13.2. The fourth-order valence-electron chi connectivity index (χ4n) is 2.14. The molecule has 1 aliphatic rings. The summed E-state index contributed by atoms with van der Waals surface area (Å²) in [5.74, 6) is -0.276. The van der Waals surface area contributed by atoms with Gasteiger partial charge in [-0.25, -0.2) is 4.39 Å². The molecule has 17 heavy (non-hydrogen) atoms. The monoisotopic (exact) mass is 236 g/mol. The highest BCUT2D eigenvalue weighted by Crippen LogP contribution is 2.17. The molecule has 1 aliphatic heterocycles. The molecule has 0 unspecified atom stereocenters. The molecule has 0 aliphatic carbocycles. The lowest BCUT2D eigenvalue weighted by molar-refractivity contribution is -0.120. The predicted molar refractivity (Wildman–Crippen MR) is 65.4 cm³/mol. The average Bonchev–Trinajstić information content (AvgIpc) is 2.28. The molecule has 1 fully saturated rings. The van der Waals surface area contributed by atoms with Gasteiger partial charge in [0.05, 0.1) is 0 Å². The van der Waals surface area contributed by atoms with Crippen molar-refractivity contribution >= 4 is 11.6 Å². The number of halogens is 1. The van der Waals surface area contributed by atoms with Crippen LogP contribution in [0.1, 0.15) is 18.4 Å². The Labute approximate surface area is 100 Å². The number of carbonyl (C=O) groups excluding carboxylic acids is 1. The molecule has 2 rings (SSSR count). The number of nitrogens with one attached hydrogen (secondary N) is 2. The fraction of sp³-hybridized carbons (Fsp3) is 0.462. The molecular formula is C13H17FN2O. The maximum Gasteiger partial charge on any atom is 0.227 e. The molecule has 1 heterocycles. The molecule has 0 saturated carbocycles. The molecule has 1 saturated heterocycles. The summed E-state index contributed by atoms with van der Waals surface area (Å²) in [4.78, 5) is 11.9. The van der Waals surface area contributed by atoms with E-state index >= 15 is 0 Å². The topological polar surface area (TPSA) is 41.1 Å². The second-order valence-electron chi connectivity index (χ2n) is 4.53. The van der Waals surface area contributed by atoms with Crippen LogP contribution in [0.25, 0.3) is 0 Å². The summed E-state index contributed by atoms with van der Waals surface area (Å²) in [5.41, 5.74) is 1.36. The van der Waals surface area contributed by atoms with Gasteiger partial charge >= 0.3 is 0 Å². The van der Waals surface area contributed by atoms with Crippen molar-refractivity contribution in [2.24, 2.45) is 5.92 Å². The van der Waals surface area contributed by atoms with Gasteiger partial charge in [-0.2, -0.15) is 0 Å². The van der Waals surface area contributed by atoms with E-state index in [2.05, 4.69) is 10.6 Å². The smallest absolute Gasteiger partial charge is 0.227 e. The SMILES string of the molecule is Cc1cc(F)cc(NC(=O)C2CCNCC2)c1. The lowest BCUT2D eigenvalue weighted by Gasteiger charge is -2.21. The summed E-state index contributed by atoms with van der Waals surface area (Å²) in [6, 6.07) is 4.58. The Morgan fingerprint density at radius 1 is 1.35 bits per heavy atom. The first-order chi connectivity index (χ1) is 8.15. The minimum Gasteiger partial charge on any atom is -0.326 e. The largest absolute Gasteiger partial charge is 0.326 e. The number of amides is 1. The summed E-state index contributed by atoms with van der Waals surface area (Å²) in [7, 11) is 0. The Morgan fingerprint density at radius 2 is 2.06 bits per heavy atom. The molecule has 2 N–H and O–H groups in total. The van der Waals surface area contributed by atoms with E-state index in [9.17, 15) is 9.18 Å².